The van der Waals surface area contributed by atoms with E-state index >= 15 is 0 Å². The summed E-state index contributed by atoms with van der Waals surface area (Å²) in [6.07, 6.45) is 1.78. The van der Waals surface area contributed by atoms with Gasteiger partial charge in [-0.25, -0.2) is 8.42 Å². The molecule has 140 valence electrons. The Morgan fingerprint density at radius 2 is 1.77 bits per heavy atom. The summed E-state index contributed by atoms with van der Waals surface area (Å²) >= 11 is 11.9. The van der Waals surface area contributed by atoms with E-state index in [1.165, 1.54) is 42.5 Å². The van der Waals surface area contributed by atoms with Crippen molar-refractivity contribution in [3.8, 4) is 0 Å². The van der Waals surface area contributed by atoms with Crippen LogP contribution in [0.3, 0.4) is 0 Å². The van der Waals surface area contributed by atoms with E-state index in [1.54, 1.807) is 0 Å². The Morgan fingerprint density at radius 3 is 2.38 bits per heavy atom. The summed E-state index contributed by atoms with van der Waals surface area (Å²) in [6, 6.07) is 10.2. The van der Waals surface area contributed by atoms with Gasteiger partial charge in [0.2, 0.25) is 0 Å². The lowest BCUT2D eigenvalue weighted by atomic mass is 10.1. The quantitative estimate of drug-likeness (QED) is 0.688. The molecule has 0 saturated carbocycles. The van der Waals surface area contributed by atoms with Gasteiger partial charge in [0.1, 0.15) is 0 Å². The van der Waals surface area contributed by atoms with Crippen LogP contribution in [0.2, 0.25) is 10.0 Å². The molecule has 2 N–H and O–H groups in total. The topological polar surface area (TPSA) is 75.3 Å². The molecular weight excluding hydrogens is 395 g/mol. The van der Waals surface area contributed by atoms with E-state index in [-0.39, 0.29) is 33.1 Å². The summed E-state index contributed by atoms with van der Waals surface area (Å²) in [6.45, 7) is 3.93. The highest BCUT2D eigenvalue weighted by Gasteiger charge is 2.17. The van der Waals surface area contributed by atoms with E-state index in [0.717, 1.165) is 12.8 Å². The van der Waals surface area contributed by atoms with Gasteiger partial charge in [0.25, 0.3) is 15.9 Å². The molecule has 0 fully saturated rings. The number of carbonyl (C=O) groups is 1. The van der Waals surface area contributed by atoms with Crippen molar-refractivity contribution in [2.45, 2.75) is 37.6 Å². The van der Waals surface area contributed by atoms with Crippen molar-refractivity contribution in [3.05, 3.63) is 58.1 Å². The lowest BCUT2D eigenvalue weighted by Gasteiger charge is -2.15. The number of halogens is 2. The minimum Gasteiger partial charge on any atom is -0.350 e. The van der Waals surface area contributed by atoms with E-state index in [1.807, 2.05) is 13.8 Å². The SMILES string of the molecule is CCC[C@@H](C)NC(=O)c1cc(NS(=O)(=O)c2ccc(Cl)cc2)ccc1Cl. The third-order valence-electron chi connectivity index (χ3n) is 3.69. The van der Waals surface area contributed by atoms with Crippen molar-refractivity contribution < 1.29 is 13.2 Å². The number of benzene rings is 2. The third-order valence-corrected chi connectivity index (χ3v) is 5.67. The molecule has 8 heteroatoms. The molecular formula is C18H20Cl2N2O3S. The first-order valence-corrected chi connectivity index (χ1v) is 10.4. The van der Waals surface area contributed by atoms with Crippen molar-refractivity contribution in [1.29, 1.82) is 0 Å². The molecule has 0 radical (unpaired) electrons. The van der Waals surface area contributed by atoms with Crippen LogP contribution in [-0.2, 0) is 10.0 Å². The van der Waals surface area contributed by atoms with Gasteiger partial charge >= 0.3 is 0 Å². The Kier molecular flexibility index (Phi) is 6.92. The molecule has 0 aromatic heterocycles. The predicted molar refractivity (Wildman–Crippen MR) is 106 cm³/mol. The van der Waals surface area contributed by atoms with Crippen molar-refractivity contribution in [3.63, 3.8) is 0 Å². The van der Waals surface area contributed by atoms with Crippen LogP contribution in [0.25, 0.3) is 0 Å². The zero-order chi connectivity index (χ0) is 19.3. The van der Waals surface area contributed by atoms with Crippen molar-refractivity contribution in [2.24, 2.45) is 0 Å². The Balaban J connectivity index is 2.23. The van der Waals surface area contributed by atoms with Gasteiger partial charge in [-0.3, -0.25) is 9.52 Å². The Bertz CT molecular complexity index is 884. The molecule has 0 saturated heterocycles. The molecule has 0 spiro atoms. The second kappa shape index (κ2) is 8.75. The Hall–Kier alpha value is -1.76. The maximum atomic E-state index is 12.5. The summed E-state index contributed by atoms with van der Waals surface area (Å²) in [5.41, 5.74) is 0.462. The molecule has 0 aliphatic rings. The number of carbonyl (C=O) groups excluding carboxylic acids is 1. The van der Waals surface area contributed by atoms with E-state index in [4.69, 9.17) is 23.2 Å². The number of rotatable bonds is 7. The van der Waals surface area contributed by atoms with Crippen LogP contribution in [0, 0.1) is 0 Å². The van der Waals surface area contributed by atoms with Crippen molar-refractivity contribution in [2.75, 3.05) is 4.72 Å². The normalized spacial score (nSPS) is 12.5. The Labute approximate surface area is 163 Å². The zero-order valence-electron chi connectivity index (χ0n) is 14.4. The fourth-order valence-electron chi connectivity index (χ4n) is 2.40. The molecule has 26 heavy (non-hydrogen) atoms. The molecule has 0 heterocycles. The lowest BCUT2D eigenvalue weighted by molar-refractivity contribution is 0.0938. The van der Waals surface area contributed by atoms with Gasteiger partial charge in [-0.1, -0.05) is 36.5 Å². The number of amides is 1. The van der Waals surface area contributed by atoms with Crippen LogP contribution in [0.15, 0.2) is 47.4 Å². The molecule has 2 aromatic rings. The largest absolute Gasteiger partial charge is 0.350 e. The van der Waals surface area contributed by atoms with Gasteiger partial charge < -0.3 is 5.32 Å². The molecule has 5 nitrogen and oxygen atoms in total. The average molecular weight is 415 g/mol. The summed E-state index contributed by atoms with van der Waals surface area (Å²) in [5, 5.41) is 3.54. The van der Waals surface area contributed by atoms with Crippen LogP contribution < -0.4 is 10.0 Å². The molecule has 0 aliphatic heterocycles. The molecule has 1 amide bonds. The highest BCUT2D eigenvalue weighted by atomic mass is 35.5. The highest BCUT2D eigenvalue weighted by Crippen LogP contribution is 2.24. The number of sulfonamides is 1. The van der Waals surface area contributed by atoms with E-state index < -0.39 is 10.0 Å². The summed E-state index contributed by atoms with van der Waals surface area (Å²) in [5.74, 6) is -0.344. The second-order valence-corrected chi connectivity index (χ2v) is 8.44. The van der Waals surface area contributed by atoms with E-state index in [0.29, 0.717) is 5.02 Å². The summed E-state index contributed by atoms with van der Waals surface area (Å²) in [7, 11) is -3.80. The monoisotopic (exact) mass is 414 g/mol. The van der Waals surface area contributed by atoms with Crippen LogP contribution in [0.4, 0.5) is 5.69 Å². The van der Waals surface area contributed by atoms with Gasteiger partial charge in [-0.05, 0) is 55.8 Å². The molecule has 2 aromatic carbocycles. The van der Waals surface area contributed by atoms with Crippen molar-refractivity contribution in [1.82, 2.24) is 5.32 Å². The van der Waals surface area contributed by atoms with Gasteiger partial charge in [0.15, 0.2) is 0 Å². The average Bonchev–Trinajstić information content (AvgIpc) is 2.57. The van der Waals surface area contributed by atoms with Gasteiger partial charge in [0.05, 0.1) is 15.5 Å². The van der Waals surface area contributed by atoms with Gasteiger partial charge in [-0.2, -0.15) is 0 Å². The van der Waals surface area contributed by atoms with Crippen LogP contribution in [0.5, 0.6) is 0 Å². The molecule has 0 unspecified atom stereocenters. The first kappa shape index (κ1) is 20.6. The maximum Gasteiger partial charge on any atom is 0.261 e. The number of hydrogen-bond acceptors (Lipinski definition) is 3. The highest BCUT2D eigenvalue weighted by molar-refractivity contribution is 7.92. The van der Waals surface area contributed by atoms with Gasteiger partial charge in [-0.15, -0.1) is 0 Å². The fraction of sp³-hybridized carbons (Fsp3) is 0.278. The molecule has 0 aliphatic carbocycles. The first-order chi connectivity index (χ1) is 12.2. The standard InChI is InChI=1S/C18H20Cl2N2O3S/c1-3-4-12(2)21-18(23)16-11-14(7-10-17(16)20)22-26(24,25)15-8-5-13(19)6-9-15/h5-12,22H,3-4H2,1-2H3,(H,21,23)/t12-/m1/s1. The third kappa shape index (κ3) is 5.37. The second-order valence-electron chi connectivity index (χ2n) is 5.92. The number of hydrogen-bond donors (Lipinski definition) is 2. The molecule has 0 bridgehead atoms. The number of anilines is 1. The molecule has 2 rings (SSSR count). The van der Waals surface area contributed by atoms with Gasteiger partial charge in [0, 0.05) is 16.8 Å². The van der Waals surface area contributed by atoms with E-state index in [2.05, 4.69) is 10.0 Å². The van der Waals surface area contributed by atoms with Crippen LogP contribution in [-0.4, -0.2) is 20.4 Å². The maximum absolute atomic E-state index is 12.5. The fourth-order valence-corrected chi connectivity index (χ4v) is 3.78. The first-order valence-electron chi connectivity index (χ1n) is 8.11. The van der Waals surface area contributed by atoms with Crippen LogP contribution in [0.1, 0.15) is 37.0 Å². The zero-order valence-corrected chi connectivity index (χ0v) is 16.8. The lowest BCUT2D eigenvalue weighted by Crippen LogP contribution is -2.32. The smallest absolute Gasteiger partial charge is 0.261 e. The molecule has 1 atom stereocenters. The van der Waals surface area contributed by atoms with Crippen molar-refractivity contribution >= 4 is 44.8 Å². The predicted octanol–water partition coefficient (Wildman–Crippen LogP) is 4.71. The minimum absolute atomic E-state index is 0.00187. The number of nitrogens with one attached hydrogen (secondary N) is 2. The van der Waals surface area contributed by atoms with E-state index in [9.17, 15) is 13.2 Å². The Morgan fingerprint density at radius 1 is 1.12 bits per heavy atom. The minimum atomic E-state index is -3.80. The summed E-state index contributed by atoms with van der Waals surface area (Å²) < 4.78 is 27.4. The summed E-state index contributed by atoms with van der Waals surface area (Å²) in [4.78, 5) is 12.5. The van der Waals surface area contributed by atoms with Crippen LogP contribution >= 0.6 is 23.2 Å².